The number of hydrogen-bond donors (Lipinski definition) is 2. The third-order valence-corrected chi connectivity index (χ3v) is 3.74. The van der Waals surface area contributed by atoms with Gasteiger partial charge in [0.2, 0.25) is 5.91 Å². The normalized spacial score (nSPS) is 17.1. The standard InChI is InChI=1S/C14H25N5O/c1-14(2,15)12-10-19(18-17-12)9-8-13(20)16-11-6-4-3-5-7-11/h10-11H,3-9,15H2,1-2H3,(H,16,20). The Balaban J connectivity index is 1.76. The van der Waals surface area contributed by atoms with E-state index in [2.05, 4.69) is 15.6 Å². The Morgan fingerprint density at radius 2 is 2.15 bits per heavy atom. The van der Waals surface area contributed by atoms with Crippen LogP contribution < -0.4 is 11.1 Å². The molecule has 6 nitrogen and oxygen atoms in total. The van der Waals surface area contributed by atoms with Gasteiger partial charge in [0.1, 0.15) is 5.69 Å². The predicted molar refractivity (Wildman–Crippen MR) is 76.9 cm³/mol. The number of amides is 1. The second kappa shape index (κ2) is 6.35. The molecule has 0 radical (unpaired) electrons. The van der Waals surface area contributed by atoms with Crippen LogP contribution in [0.2, 0.25) is 0 Å². The van der Waals surface area contributed by atoms with Gasteiger partial charge in [-0.05, 0) is 26.7 Å². The molecule has 0 atom stereocenters. The SMILES string of the molecule is CC(C)(N)c1cn(CCC(=O)NC2CCCCC2)nn1. The number of aryl methyl sites for hydroxylation is 1. The summed E-state index contributed by atoms with van der Waals surface area (Å²) in [5.74, 6) is 0.0981. The van der Waals surface area contributed by atoms with E-state index in [0.29, 0.717) is 19.0 Å². The van der Waals surface area contributed by atoms with E-state index in [1.54, 1.807) is 4.68 Å². The number of rotatable bonds is 5. The van der Waals surface area contributed by atoms with E-state index in [4.69, 9.17) is 5.73 Å². The molecule has 3 N–H and O–H groups in total. The van der Waals surface area contributed by atoms with Gasteiger partial charge in [-0.1, -0.05) is 24.5 Å². The Kier molecular flexibility index (Phi) is 4.75. The first kappa shape index (κ1) is 15.0. The zero-order chi connectivity index (χ0) is 14.6. The van der Waals surface area contributed by atoms with Crippen LogP contribution >= 0.6 is 0 Å². The van der Waals surface area contributed by atoms with Crippen molar-refractivity contribution in [2.24, 2.45) is 5.73 Å². The maximum absolute atomic E-state index is 11.9. The molecule has 1 aromatic rings. The van der Waals surface area contributed by atoms with Crippen LogP contribution in [0.1, 0.15) is 58.1 Å². The third kappa shape index (κ3) is 4.30. The summed E-state index contributed by atoms with van der Waals surface area (Å²) in [5, 5.41) is 11.1. The smallest absolute Gasteiger partial charge is 0.222 e. The number of hydrogen-bond acceptors (Lipinski definition) is 4. The van der Waals surface area contributed by atoms with Crippen molar-refractivity contribution in [1.82, 2.24) is 20.3 Å². The molecule has 1 aliphatic carbocycles. The highest BCUT2D eigenvalue weighted by atomic mass is 16.1. The van der Waals surface area contributed by atoms with Crippen LogP contribution in [0.3, 0.4) is 0 Å². The van der Waals surface area contributed by atoms with Gasteiger partial charge >= 0.3 is 0 Å². The van der Waals surface area contributed by atoms with Gasteiger partial charge in [-0.15, -0.1) is 5.10 Å². The molecule has 1 heterocycles. The Labute approximate surface area is 120 Å². The van der Waals surface area contributed by atoms with Crippen molar-refractivity contribution in [3.05, 3.63) is 11.9 Å². The van der Waals surface area contributed by atoms with Gasteiger partial charge in [-0.25, -0.2) is 0 Å². The van der Waals surface area contributed by atoms with Crippen molar-refractivity contribution >= 4 is 5.91 Å². The van der Waals surface area contributed by atoms with Crippen LogP contribution in [-0.4, -0.2) is 26.9 Å². The van der Waals surface area contributed by atoms with Crippen molar-refractivity contribution in [3.8, 4) is 0 Å². The van der Waals surface area contributed by atoms with E-state index < -0.39 is 5.54 Å². The van der Waals surface area contributed by atoms with Crippen molar-refractivity contribution in [3.63, 3.8) is 0 Å². The number of carbonyl (C=O) groups excluding carboxylic acids is 1. The lowest BCUT2D eigenvalue weighted by Crippen LogP contribution is -2.36. The zero-order valence-electron chi connectivity index (χ0n) is 12.4. The number of nitrogens with two attached hydrogens (primary N) is 1. The fourth-order valence-electron chi connectivity index (χ4n) is 2.47. The average molecular weight is 279 g/mol. The Morgan fingerprint density at radius 1 is 1.45 bits per heavy atom. The van der Waals surface area contributed by atoms with Gasteiger partial charge in [-0.2, -0.15) is 0 Å². The molecule has 0 aromatic carbocycles. The van der Waals surface area contributed by atoms with Crippen molar-refractivity contribution in [2.45, 2.75) is 70.5 Å². The van der Waals surface area contributed by atoms with Crippen molar-refractivity contribution in [1.29, 1.82) is 0 Å². The molecule has 0 spiro atoms. The van der Waals surface area contributed by atoms with Crippen LogP contribution in [0.15, 0.2) is 6.20 Å². The molecule has 1 saturated carbocycles. The zero-order valence-corrected chi connectivity index (χ0v) is 12.4. The average Bonchev–Trinajstić information content (AvgIpc) is 2.86. The van der Waals surface area contributed by atoms with E-state index in [1.165, 1.54) is 19.3 Å². The van der Waals surface area contributed by atoms with Gasteiger partial charge in [0, 0.05) is 12.5 Å². The maximum atomic E-state index is 11.9. The monoisotopic (exact) mass is 279 g/mol. The van der Waals surface area contributed by atoms with Crippen LogP contribution in [0.5, 0.6) is 0 Å². The number of nitrogens with zero attached hydrogens (tertiary/aromatic N) is 3. The summed E-state index contributed by atoms with van der Waals surface area (Å²) in [7, 11) is 0. The number of carbonyl (C=O) groups is 1. The Hall–Kier alpha value is -1.43. The van der Waals surface area contributed by atoms with Crippen LogP contribution in [-0.2, 0) is 16.9 Å². The summed E-state index contributed by atoms with van der Waals surface area (Å²) in [5.41, 5.74) is 6.20. The maximum Gasteiger partial charge on any atom is 0.222 e. The van der Waals surface area contributed by atoms with Crippen molar-refractivity contribution in [2.75, 3.05) is 0 Å². The fourth-order valence-corrected chi connectivity index (χ4v) is 2.47. The van der Waals surface area contributed by atoms with E-state index in [9.17, 15) is 4.79 Å². The van der Waals surface area contributed by atoms with Gasteiger partial charge in [-0.3, -0.25) is 9.48 Å². The van der Waals surface area contributed by atoms with Gasteiger partial charge in [0.05, 0.1) is 18.3 Å². The summed E-state index contributed by atoms with van der Waals surface area (Å²) < 4.78 is 1.68. The highest BCUT2D eigenvalue weighted by Gasteiger charge is 2.19. The first-order valence-corrected chi connectivity index (χ1v) is 7.44. The van der Waals surface area contributed by atoms with Gasteiger partial charge in [0.25, 0.3) is 0 Å². The van der Waals surface area contributed by atoms with Crippen LogP contribution in [0.25, 0.3) is 0 Å². The molecule has 0 unspecified atom stereocenters. The highest BCUT2D eigenvalue weighted by molar-refractivity contribution is 5.76. The predicted octanol–water partition coefficient (Wildman–Crippen LogP) is 1.31. The molecule has 1 aromatic heterocycles. The third-order valence-electron chi connectivity index (χ3n) is 3.74. The number of aromatic nitrogens is 3. The van der Waals surface area contributed by atoms with Crippen LogP contribution in [0, 0.1) is 0 Å². The molecule has 2 rings (SSSR count). The summed E-state index contributed by atoms with van der Waals surface area (Å²) >= 11 is 0. The lowest BCUT2D eigenvalue weighted by atomic mass is 9.95. The van der Waals surface area contributed by atoms with E-state index >= 15 is 0 Å². The van der Waals surface area contributed by atoms with E-state index in [0.717, 1.165) is 18.5 Å². The topological polar surface area (TPSA) is 85.8 Å². The first-order valence-electron chi connectivity index (χ1n) is 7.44. The molecule has 112 valence electrons. The molecule has 0 saturated heterocycles. The fraction of sp³-hybridized carbons (Fsp3) is 0.786. The lowest BCUT2D eigenvalue weighted by molar-refractivity contribution is -0.122. The minimum Gasteiger partial charge on any atom is -0.353 e. The van der Waals surface area contributed by atoms with Gasteiger partial charge in [0.15, 0.2) is 0 Å². The second-order valence-corrected chi connectivity index (χ2v) is 6.24. The summed E-state index contributed by atoms with van der Waals surface area (Å²) in [6.45, 7) is 4.32. The lowest BCUT2D eigenvalue weighted by Gasteiger charge is -2.22. The van der Waals surface area contributed by atoms with E-state index in [-0.39, 0.29) is 5.91 Å². The first-order chi connectivity index (χ1) is 9.45. The van der Waals surface area contributed by atoms with Gasteiger partial charge < -0.3 is 11.1 Å². The van der Waals surface area contributed by atoms with Crippen molar-refractivity contribution < 1.29 is 4.79 Å². The second-order valence-electron chi connectivity index (χ2n) is 6.24. The molecule has 6 heteroatoms. The number of nitrogens with one attached hydrogen (secondary N) is 1. The largest absolute Gasteiger partial charge is 0.353 e. The highest BCUT2D eigenvalue weighted by Crippen LogP contribution is 2.17. The molecular formula is C14H25N5O. The van der Waals surface area contributed by atoms with Crippen LogP contribution in [0.4, 0.5) is 0 Å². The summed E-state index contributed by atoms with van der Waals surface area (Å²) in [6, 6.07) is 0.366. The van der Waals surface area contributed by atoms with E-state index in [1.807, 2.05) is 20.0 Å². The molecule has 0 aliphatic heterocycles. The molecule has 1 aliphatic rings. The Bertz CT molecular complexity index is 443. The summed E-state index contributed by atoms with van der Waals surface area (Å²) in [6.07, 6.45) is 8.22. The molecule has 1 fully saturated rings. The molecule has 1 amide bonds. The molecule has 20 heavy (non-hydrogen) atoms. The molecule has 0 bridgehead atoms. The minimum atomic E-state index is -0.497. The molecular weight excluding hydrogens is 254 g/mol. The minimum absolute atomic E-state index is 0.0981. The summed E-state index contributed by atoms with van der Waals surface area (Å²) in [4.78, 5) is 11.9. The quantitative estimate of drug-likeness (QED) is 0.851. The Morgan fingerprint density at radius 3 is 2.75 bits per heavy atom.